The summed E-state index contributed by atoms with van der Waals surface area (Å²) in [6, 6.07) is -0.228. The summed E-state index contributed by atoms with van der Waals surface area (Å²) in [4.78, 5) is 14.3. The topological polar surface area (TPSA) is 50.2 Å². The van der Waals surface area contributed by atoms with Crippen molar-refractivity contribution in [3.8, 4) is 0 Å². The van der Waals surface area contributed by atoms with Gasteiger partial charge in [0.05, 0.1) is 11.7 Å². The second kappa shape index (κ2) is 6.64. The van der Waals surface area contributed by atoms with Crippen LogP contribution in [0.3, 0.4) is 0 Å². The molecule has 5 nitrogen and oxygen atoms in total. The van der Waals surface area contributed by atoms with Gasteiger partial charge in [-0.3, -0.25) is 4.68 Å². The Morgan fingerprint density at radius 1 is 1.33 bits per heavy atom. The lowest BCUT2D eigenvalue weighted by Gasteiger charge is -2.28. The molecule has 24 heavy (non-hydrogen) atoms. The number of nitrogens with zero attached hydrogens (tertiary/aromatic N) is 3. The van der Waals surface area contributed by atoms with E-state index in [1.807, 2.05) is 13.8 Å². The molecule has 8 heteroatoms. The quantitative estimate of drug-likeness (QED) is 0.884. The lowest BCUT2D eigenvalue weighted by atomic mass is 10.1. The molecular weight excluding hydrogens is 321 g/mol. The minimum atomic E-state index is -4.33. The SMILES string of the molecule is Cc1nn(CC(F)(F)F)c(C)c1[C@H](C)NC(=O)N(C(C)C)C1CC1. The highest BCUT2D eigenvalue weighted by atomic mass is 19.4. The van der Waals surface area contributed by atoms with Gasteiger partial charge < -0.3 is 10.2 Å². The molecule has 1 N–H and O–H groups in total. The number of carbonyl (C=O) groups excluding carboxylic acids is 1. The number of nitrogens with one attached hydrogen (secondary N) is 1. The summed E-state index contributed by atoms with van der Waals surface area (Å²) in [5, 5.41) is 6.89. The molecule has 0 aliphatic heterocycles. The molecule has 0 unspecified atom stereocenters. The standard InChI is InChI=1S/C16H25F3N4O/c1-9(2)23(13-6-7-13)15(24)20-10(3)14-11(4)21-22(12(14)5)8-16(17,18)19/h9-10,13H,6-8H2,1-5H3,(H,20,24)/t10-/m0/s1. The smallest absolute Gasteiger partial charge is 0.331 e. The van der Waals surface area contributed by atoms with Crippen molar-refractivity contribution < 1.29 is 18.0 Å². The Morgan fingerprint density at radius 2 is 1.92 bits per heavy atom. The van der Waals surface area contributed by atoms with Crippen molar-refractivity contribution in [3.63, 3.8) is 0 Å². The van der Waals surface area contributed by atoms with Crippen LogP contribution in [0.4, 0.5) is 18.0 Å². The molecule has 1 aliphatic rings. The minimum absolute atomic E-state index is 0.0832. The summed E-state index contributed by atoms with van der Waals surface area (Å²) in [5.74, 6) is 0. The number of amides is 2. The number of carbonyl (C=O) groups is 1. The molecule has 1 atom stereocenters. The fourth-order valence-corrected chi connectivity index (χ4v) is 3.17. The Balaban J connectivity index is 2.14. The summed E-state index contributed by atoms with van der Waals surface area (Å²) in [6.07, 6.45) is -2.32. The van der Waals surface area contributed by atoms with E-state index in [4.69, 9.17) is 0 Å². The fraction of sp³-hybridized carbons (Fsp3) is 0.750. The largest absolute Gasteiger partial charge is 0.408 e. The fourth-order valence-electron chi connectivity index (χ4n) is 3.17. The van der Waals surface area contributed by atoms with Crippen molar-refractivity contribution in [2.45, 2.75) is 78.3 Å². The van der Waals surface area contributed by atoms with E-state index in [9.17, 15) is 18.0 Å². The van der Waals surface area contributed by atoms with E-state index in [-0.39, 0.29) is 18.1 Å². The molecule has 1 aromatic heterocycles. The number of aryl methyl sites for hydroxylation is 1. The van der Waals surface area contributed by atoms with E-state index >= 15 is 0 Å². The zero-order valence-electron chi connectivity index (χ0n) is 14.7. The van der Waals surface area contributed by atoms with Crippen LogP contribution in [0.2, 0.25) is 0 Å². The van der Waals surface area contributed by atoms with Crippen molar-refractivity contribution in [2.24, 2.45) is 0 Å². The maximum atomic E-state index is 12.6. The molecule has 1 saturated carbocycles. The average molecular weight is 346 g/mol. The van der Waals surface area contributed by atoms with E-state index in [2.05, 4.69) is 10.4 Å². The van der Waals surface area contributed by atoms with Gasteiger partial charge in [-0.05, 0) is 47.5 Å². The highest BCUT2D eigenvalue weighted by Gasteiger charge is 2.35. The van der Waals surface area contributed by atoms with Crippen LogP contribution >= 0.6 is 0 Å². The Labute approximate surface area is 140 Å². The normalized spacial score (nSPS) is 16.4. The summed E-state index contributed by atoms with van der Waals surface area (Å²) in [5.41, 5.74) is 1.58. The third-order valence-corrected chi connectivity index (χ3v) is 4.27. The van der Waals surface area contributed by atoms with Crippen LogP contribution in [-0.2, 0) is 6.54 Å². The van der Waals surface area contributed by atoms with Crippen molar-refractivity contribution in [1.29, 1.82) is 0 Å². The third kappa shape index (κ3) is 4.21. The lowest BCUT2D eigenvalue weighted by molar-refractivity contribution is -0.143. The van der Waals surface area contributed by atoms with Crippen LogP contribution in [0, 0.1) is 13.8 Å². The molecule has 0 spiro atoms. The van der Waals surface area contributed by atoms with Gasteiger partial charge in [0.2, 0.25) is 0 Å². The number of aromatic nitrogens is 2. The first-order valence-electron chi connectivity index (χ1n) is 8.20. The number of rotatable bonds is 5. The van der Waals surface area contributed by atoms with Crippen LogP contribution in [0.15, 0.2) is 0 Å². The molecule has 0 aromatic carbocycles. The summed E-state index contributed by atoms with van der Waals surface area (Å²) < 4.78 is 38.8. The molecular formula is C16H25F3N4O. The second-order valence-corrected chi connectivity index (χ2v) is 6.76. The monoisotopic (exact) mass is 346 g/mol. The zero-order chi connectivity index (χ0) is 18.2. The second-order valence-electron chi connectivity index (χ2n) is 6.76. The summed E-state index contributed by atoms with van der Waals surface area (Å²) >= 11 is 0. The average Bonchev–Trinajstić information content (AvgIpc) is 3.15. The van der Waals surface area contributed by atoms with Crippen molar-refractivity contribution in [3.05, 3.63) is 17.0 Å². The van der Waals surface area contributed by atoms with Crippen molar-refractivity contribution in [1.82, 2.24) is 20.0 Å². The van der Waals surface area contributed by atoms with Gasteiger partial charge >= 0.3 is 12.2 Å². The van der Waals surface area contributed by atoms with Gasteiger partial charge in [-0.15, -0.1) is 0 Å². The summed E-state index contributed by atoms with van der Waals surface area (Å²) in [7, 11) is 0. The van der Waals surface area contributed by atoms with E-state index in [0.717, 1.165) is 17.5 Å². The molecule has 2 rings (SSSR count). The Bertz CT molecular complexity index is 603. The maximum Gasteiger partial charge on any atom is 0.408 e. The molecule has 1 aliphatic carbocycles. The summed E-state index contributed by atoms with van der Waals surface area (Å²) in [6.45, 7) is 7.84. The molecule has 0 saturated heterocycles. The predicted octanol–water partition coefficient (Wildman–Crippen LogP) is 3.71. The van der Waals surface area contributed by atoms with Gasteiger partial charge in [0.25, 0.3) is 0 Å². The van der Waals surface area contributed by atoms with Gasteiger partial charge in [-0.1, -0.05) is 0 Å². The van der Waals surface area contributed by atoms with E-state index < -0.39 is 18.8 Å². The van der Waals surface area contributed by atoms with Gasteiger partial charge in [0.1, 0.15) is 6.54 Å². The molecule has 0 bridgehead atoms. The van der Waals surface area contributed by atoms with E-state index in [0.29, 0.717) is 17.0 Å². The number of hydrogen-bond acceptors (Lipinski definition) is 2. The van der Waals surface area contributed by atoms with E-state index in [1.54, 1.807) is 25.7 Å². The van der Waals surface area contributed by atoms with Gasteiger partial charge in [0, 0.05) is 23.3 Å². The Hall–Kier alpha value is -1.73. The number of hydrogen-bond donors (Lipinski definition) is 1. The number of urea groups is 1. The van der Waals surface area contributed by atoms with Crippen LogP contribution in [0.1, 0.15) is 56.6 Å². The van der Waals surface area contributed by atoms with Gasteiger partial charge in [-0.2, -0.15) is 18.3 Å². The van der Waals surface area contributed by atoms with Gasteiger partial charge in [-0.25, -0.2) is 4.79 Å². The van der Waals surface area contributed by atoms with Crippen LogP contribution in [-0.4, -0.2) is 39.0 Å². The predicted molar refractivity (Wildman–Crippen MR) is 84.7 cm³/mol. The molecule has 1 fully saturated rings. The highest BCUT2D eigenvalue weighted by Crippen LogP contribution is 2.30. The van der Waals surface area contributed by atoms with Gasteiger partial charge in [0.15, 0.2) is 0 Å². The van der Waals surface area contributed by atoms with Crippen LogP contribution in [0.25, 0.3) is 0 Å². The third-order valence-electron chi connectivity index (χ3n) is 4.27. The molecule has 1 heterocycles. The first kappa shape index (κ1) is 18.6. The van der Waals surface area contributed by atoms with Crippen LogP contribution < -0.4 is 5.32 Å². The first-order valence-corrected chi connectivity index (χ1v) is 8.20. The molecule has 1 aromatic rings. The Morgan fingerprint density at radius 3 is 2.38 bits per heavy atom. The molecule has 2 amide bonds. The van der Waals surface area contributed by atoms with E-state index in [1.165, 1.54) is 0 Å². The number of alkyl halides is 3. The highest BCUT2D eigenvalue weighted by molar-refractivity contribution is 5.75. The lowest BCUT2D eigenvalue weighted by Crippen LogP contribution is -2.46. The number of halogens is 3. The molecule has 0 radical (unpaired) electrons. The van der Waals surface area contributed by atoms with Crippen LogP contribution in [0.5, 0.6) is 0 Å². The maximum absolute atomic E-state index is 12.6. The van der Waals surface area contributed by atoms with Crippen molar-refractivity contribution >= 4 is 6.03 Å². The zero-order valence-corrected chi connectivity index (χ0v) is 14.7. The molecule has 136 valence electrons. The van der Waals surface area contributed by atoms with Crippen molar-refractivity contribution in [2.75, 3.05) is 0 Å². The first-order chi connectivity index (χ1) is 11.0. The Kier molecular flexibility index (Phi) is 5.15. The minimum Gasteiger partial charge on any atom is -0.331 e.